The summed E-state index contributed by atoms with van der Waals surface area (Å²) in [5.74, 6) is -0.929. The van der Waals surface area contributed by atoms with Crippen LogP contribution in [0.4, 0.5) is 5.69 Å². The number of nitro benzene ring substituents is 1. The Kier molecular flexibility index (Phi) is 3.09. The molecule has 0 aliphatic carbocycles. The van der Waals surface area contributed by atoms with Gasteiger partial charge in [0.15, 0.2) is 0 Å². The van der Waals surface area contributed by atoms with Crippen LogP contribution in [0.5, 0.6) is 0 Å². The van der Waals surface area contributed by atoms with E-state index in [1.54, 1.807) is 12.1 Å². The van der Waals surface area contributed by atoms with Crippen LogP contribution >= 0.6 is 11.6 Å². The number of alkyl halides is 1. The van der Waals surface area contributed by atoms with Crippen molar-refractivity contribution in [2.75, 3.05) is 19.1 Å². The Hall–Kier alpha value is -1.17. The molecule has 0 N–H and O–H groups in total. The van der Waals surface area contributed by atoms with Gasteiger partial charge in [-0.1, -0.05) is 12.1 Å². The average Bonchev–Trinajstić information content (AvgIpc) is 2.79. The molecular weight excluding hydrogens is 234 g/mol. The number of rotatable bonds is 3. The second-order valence-electron chi connectivity index (χ2n) is 3.39. The molecule has 1 aromatic rings. The molecule has 86 valence electrons. The van der Waals surface area contributed by atoms with Crippen molar-refractivity contribution in [2.45, 2.75) is 5.79 Å². The molecule has 6 heteroatoms. The first-order valence-electron chi connectivity index (χ1n) is 4.77. The SMILES string of the molecule is O=[N+]([O-])c1cccc(C2(CCl)OCCO2)c1. The number of nitro groups is 1. The Balaban J connectivity index is 2.38. The lowest BCUT2D eigenvalue weighted by Crippen LogP contribution is -2.29. The zero-order chi connectivity index (χ0) is 11.6. The Morgan fingerprint density at radius 2 is 2.12 bits per heavy atom. The van der Waals surface area contributed by atoms with E-state index in [1.807, 2.05) is 0 Å². The number of ether oxygens (including phenoxy) is 2. The van der Waals surface area contributed by atoms with Gasteiger partial charge in [0.25, 0.3) is 5.69 Å². The monoisotopic (exact) mass is 243 g/mol. The minimum absolute atomic E-state index is 0.00101. The molecule has 5 nitrogen and oxygen atoms in total. The fourth-order valence-electron chi connectivity index (χ4n) is 1.63. The van der Waals surface area contributed by atoms with Crippen molar-refractivity contribution in [1.29, 1.82) is 0 Å². The fourth-order valence-corrected chi connectivity index (χ4v) is 1.94. The first-order valence-corrected chi connectivity index (χ1v) is 5.30. The average molecular weight is 244 g/mol. The number of nitrogens with zero attached hydrogens (tertiary/aromatic N) is 1. The zero-order valence-corrected chi connectivity index (χ0v) is 9.14. The van der Waals surface area contributed by atoms with Crippen LogP contribution in [0.15, 0.2) is 24.3 Å². The Bertz CT molecular complexity index is 404. The lowest BCUT2D eigenvalue weighted by molar-refractivity contribution is -0.385. The van der Waals surface area contributed by atoms with E-state index in [1.165, 1.54) is 12.1 Å². The van der Waals surface area contributed by atoms with Crippen molar-refractivity contribution in [3.05, 3.63) is 39.9 Å². The van der Waals surface area contributed by atoms with Gasteiger partial charge in [-0.05, 0) is 0 Å². The van der Waals surface area contributed by atoms with Gasteiger partial charge in [0.05, 0.1) is 24.0 Å². The third-order valence-electron chi connectivity index (χ3n) is 2.43. The molecule has 1 aromatic carbocycles. The van der Waals surface area contributed by atoms with Gasteiger partial charge < -0.3 is 9.47 Å². The van der Waals surface area contributed by atoms with Gasteiger partial charge in [-0.3, -0.25) is 10.1 Å². The van der Waals surface area contributed by atoms with Crippen molar-refractivity contribution in [3.63, 3.8) is 0 Å². The standard InChI is InChI=1S/C10H10ClNO4/c11-7-10(15-4-5-16-10)8-2-1-3-9(6-8)12(13)14/h1-3,6H,4-5,7H2. The Morgan fingerprint density at radius 3 is 2.69 bits per heavy atom. The lowest BCUT2D eigenvalue weighted by atomic mass is 10.1. The predicted octanol–water partition coefficient (Wildman–Crippen LogP) is 2.03. The van der Waals surface area contributed by atoms with E-state index in [2.05, 4.69) is 0 Å². The summed E-state index contributed by atoms with van der Waals surface area (Å²) in [5.41, 5.74) is 0.579. The topological polar surface area (TPSA) is 61.6 Å². The number of halogens is 1. The molecule has 1 aliphatic rings. The van der Waals surface area contributed by atoms with Gasteiger partial charge in [0.1, 0.15) is 0 Å². The van der Waals surface area contributed by atoms with E-state index in [9.17, 15) is 10.1 Å². The smallest absolute Gasteiger partial charge is 0.269 e. The minimum atomic E-state index is -1.03. The zero-order valence-electron chi connectivity index (χ0n) is 8.39. The van der Waals surface area contributed by atoms with E-state index < -0.39 is 10.7 Å². The molecule has 0 unspecified atom stereocenters. The largest absolute Gasteiger partial charge is 0.342 e. The summed E-state index contributed by atoms with van der Waals surface area (Å²) in [5, 5.41) is 10.7. The van der Waals surface area contributed by atoms with Gasteiger partial charge in [-0.2, -0.15) is 0 Å². The van der Waals surface area contributed by atoms with E-state index >= 15 is 0 Å². The molecule has 1 aliphatic heterocycles. The molecule has 1 fully saturated rings. The first kappa shape index (κ1) is 11.3. The van der Waals surface area contributed by atoms with Crippen LogP contribution in [0.2, 0.25) is 0 Å². The van der Waals surface area contributed by atoms with Crippen LogP contribution < -0.4 is 0 Å². The van der Waals surface area contributed by atoms with Crippen LogP contribution in [-0.4, -0.2) is 24.0 Å². The molecule has 0 aromatic heterocycles. The summed E-state index contributed by atoms with van der Waals surface area (Å²) in [4.78, 5) is 10.2. The maximum Gasteiger partial charge on any atom is 0.269 e. The second-order valence-corrected chi connectivity index (χ2v) is 3.66. The molecule has 0 radical (unpaired) electrons. The minimum Gasteiger partial charge on any atom is -0.342 e. The Labute approximate surface area is 97.1 Å². The van der Waals surface area contributed by atoms with Crippen molar-refractivity contribution >= 4 is 17.3 Å². The third kappa shape index (κ3) is 1.89. The van der Waals surface area contributed by atoms with Crippen molar-refractivity contribution in [2.24, 2.45) is 0 Å². The lowest BCUT2D eigenvalue weighted by Gasteiger charge is -2.24. The summed E-state index contributed by atoms with van der Waals surface area (Å²) in [7, 11) is 0. The van der Waals surface area contributed by atoms with Crippen LogP contribution in [0.3, 0.4) is 0 Å². The van der Waals surface area contributed by atoms with Crippen molar-refractivity contribution in [3.8, 4) is 0 Å². The van der Waals surface area contributed by atoms with E-state index in [4.69, 9.17) is 21.1 Å². The van der Waals surface area contributed by atoms with E-state index in [-0.39, 0.29) is 11.6 Å². The highest BCUT2D eigenvalue weighted by Crippen LogP contribution is 2.34. The van der Waals surface area contributed by atoms with E-state index in [0.717, 1.165) is 0 Å². The van der Waals surface area contributed by atoms with Gasteiger partial charge in [-0.15, -0.1) is 11.6 Å². The number of hydrogen-bond acceptors (Lipinski definition) is 4. The normalized spacial score (nSPS) is 18.6. The highest BCUT2D eigenvalue weighted by atomic mass is 35.5. The van der Waals surface area contributed by atoms with Gasteiger partial charge in [0, 0.05) is 17.7 Å². The summed E-state index contributed by atoms with van der Waals surface area (Å²) in [6, 6.07) is 6.14. The summed E-state index contributed by atoms with van der Waals surface area (Å²) >= 11 is 5.81. The van der Waals surface area contributed by atoms with Gasteiger partial charge >= 0.3 is 0 Å². The fraction of sp³-hybridized carbons (Fsp3) is 0.400. The predicted molar refractivity (Wildman–Crippen MR) is 57.4 cm³/mol. The molecule has 0 bridgehead atoms. The van der Waals surface area contributed by atoms with Crippen LogP contribution in [0.1, 0.15) is 5.56 Å². The van der Waals surface area contributed by atoms with Gasteiger partial charge in [0.2, 0.25) is 5.79 Å². The van der Waals surface area contributed by atoms with E-state index in [0.29, 0.717) is 18.8 Å². The number of hydrogen-bond donors (Lipinski definition) is 0. The highest BCUT2D eigenvalue weighted by molar-refractivity contribution is 6.18. The quantitative estimate of drug-likeness (QED) is 0.463. The summed E-state index contributed by atoms with van der Waals surface area (Å²) in [6.45, 7) is 0.880. The van der Waals surface area contributed by atoms with Crippen LogP contribution in [-0.2, 0) is 15.3 Å². The maximum absolute atomic E-state index is 10.7. The molecule has 0 amide bonds. The van der Waals surface area contributed by atoms with Crippen LogP contribution in [0.25, 0.3) is 0 Å². The summed E-state index contributed by atoms with van der Waals surface area (Å²) in [6.07, 6.45) is 0. The summed E-state index contributed by atoms with van der Waals surface area (Å²) < 4.78 is 10.9. The maximum atomic E-state index is 10.7. The molecule has 0 saturated carbocycles. The molecular formula is C10H10ClNO4. The van der Waals surface area contributed by atoms with Gasteiger partial charge in [-0.25, -0.2) is 0 Å². The Morgan fingerprint density at radius 1 is 1.44 bits per heavy atom. The highest BCUT2D eigenvalue weighted by Gasteiger charge is 2.38. The first-order chi connectivity index (χ1) is 7.68. The van der Waals surface area contributed by atoms with Crippen LogP contribution in [0, 0.1) is 10.1 Å². The molecule has 0 spiro atoms. The molecule has 1 heterocycles. The third-order valence-corrected chi connectivity index (χ3v) is 2.78. The molecule has 0 atom stereocenters. The van der Waals surface area contributed by atoms with Crippen molar-refractivity contribution < 1.29 is 14.4 Å². The molecule has 1 saturated heterocycles. The molecule has 16 heavy (non-hydrogen) atoms. The second kappa shape index (κ2) is 4.37. The molecule has 2 rings (SSSR count). The number of non-ortho nitro benzene ring substituents is 1. The van der Waals surface area contributed by atoms with Crippen molar-refractivity contribution in [1.82, 2.24) is 0 Å². The number of benzene rings is 1.